The molecule has 154 valence electrons. The van der Waals surface area contributed by atoms with Gasteiger partial charge in [-0.25, -0.2) is 0 Å². The molecule has 0 radical (unpaired) electrons. The molecule has 3 rings (SSSR count). The molecule has 0 aliphatic carbocycles. The van der Waals surface area contributed by atoms with Crippen molar-refractivity contribution in [2.75, 3.05) is 29.9 Å². The number of amides is 2. The minimum absolute atomic E-state index is 0.0893. The summed E-state index contributed by atoms with van der Waals surface area (Å²) in [6, 6.07) is 14.8. The lowest BCUT2D eigenvalue weighted by atomic mass is 10.1. The average molecular weight is 396 g/mol. The molecule has 1 aliphatic heterocycles. The Morgan fingerprint density at radius 1 is 1.10 bits per heavy atom. The van der Waals surface area contributed by atoms with Gasteiger partial charge in [-0.15, -0.1) is 0 Å². The van der Waals surface area contributed by atoms with Gasteiger partial charge < -0.3 is 20.3 Å². The van der Waals surface area contributed by atoms with Gasteiger partial charge in [0.15, 0.2) is 6.61 Å². The fraction of sp³-hybridized carbons (Fsp3) is 0.391. The van der Waals surface area contributed by atoms with Gasteiger partial charge in [-0.05, 0) is 56.5 Å². The number of rotatable bonds is 8. The first kappa shape index (κ1) is 20.7. The lowest BCUT2D eigenvalue weighted by Crippen LogP contribution is -2.33. The van der Waals surface area contributed by atoms with Gasteiger partial charge in [-0.1, -0.05) is 25.1 Å². The van der Waals surface area contributed by atoms with Crippen LogP contribution in [0.15, 0.2) is 48.5 Å². The Morgan fingerprint density at radius 2 is 1.83 bits per heavy atom. The summed E-state index contributed by atoms with van der Waals surface area (Å²) in [7, 11) is 0. The minimum Gasteiger partial charge on any atom is -0.484 e. The molecule has 6 nitrogen and oxygen atoms in total. The Hall–Kier alpha value is -3.02. The Balaban J connectivity index is 1.72. The van der Waals surface area contributed by atoms with E-state index in [0.717, 1.165) is 38.0 Å². The summed E-state index contributed by atoms with van der Waals surface area (Å²) in [5.74, 6) is 0.259. The third-order valence-electron chi connectivity index (χ3n) is 5.07. The molecule has 1 fully saturated rings. The minimum atomic E-state index is -0.268. The smallest absolute Gasteiger partial charge is 0.262 e. The number of para-hydroxylation sites is 1. The Bertz CT molecular complexity index is 833. The maximum absolute atomic E-state index is 12.9. The van der Waals surface area contributed by atoms with E-state index in [-0.39, 0.29) is 24.5 Å². The second-order valence-electron chi connectivity index (χ2n) is 7.36. The van der Waals surface area contributed by atoms with Crippen LogP contribution in [0, 0.1) is 0 Å². The third-order valence-corrected chi connectivity index (χ3v) is 5.07. The first-order chi connectivity index (χ1) is 14.1. The van der Waals surface area contributed by atoms with Crippen LogP contribution in [-0.2, 0) is 4.79 Å². The van der Waals surface area contributed by atoms with E-state index in [1.54, 1.807) is 18.2 Å². The van der Waals surface area contributed by atoms with Crippen LogP contribution in [0.4, 0.5) is 11.4 Å². The number of benzene rings is 2. The molecular formula is C23H29N3O3. The molecule has 0 unspecified atom stereocenters. The number of hydrogen-bond acceptors (Lipinski definition) is 4. The molecule has 2 N–H and O–H groups in total. The quantitative estimate of drug-likeness (QED) is 0.713. The summed E-state index contributed by atoms with van der Waals surface area (Å²) in [5.41, 5.74) is 2.10. The molecule has 2 amide bonds. The second kappa shape index (κ2) is 9.96. The van der Waals surface area contributed by atoms with Gasteiger partial charge in [0.05, 0.1) is 5.56 Å². The van der Waals surface area contributed by atoms with E-state index in [1.807, 2.05) is 44.2 Å². The molecule has 1 atom stereocenters. The number of anilines is 2. The van der Waals surface area contributed by atoms with E-state index in [9.17, 15) is 9.59 Å². The number of nitrogens with zero attached hydrogens (tertiary/aromatic N) is 1. The van der Waals surface area contributed by atoms with Gasteiger partial charge in [0.2, 0.25) is 0 Å². The number of hydrogen-bond donors (Lipinski definition) is 2. The molecule has 6 heteroatoms. The molecule has 0 aromatic heterocycles. The number of nitrogens with one attached hydrogen (secondary N) is 2. The summed E-state index contributed by atoms with van der Waals surface area (Å²) >= 11 is 0. The van der Waals surface area contributed by atoms with Crippen LogP contribution < -0.4 is 20.3 Å². The van der Waals surface area contributed by atoms with Crippen molar-refractivity contribution in [3.05, 3.63) is 54.1 Å². The van der Waals surface area contributed by atoms with E-state index in [2.05, 4.69) is 15.5 Å². The highest BCUT2D eigenvalue weighted by Crippen LogP contribution is 2.28. The van der Waals surface area contributed by atoms with E-state index in [1.165, 1.54) is 0 Å². The van der Waals surface area contributed by atoms with Crippen molar-refractivity contribution in [3.8, 4) is 5.75 Å². The van der Waals surface area contributed by atoms with Crippen LogP contribution in [0.3, 0.4) is 0 Å². The lowest BCUT2D eigenvalue weighted by Gasteiger charge is -2.23. The van der Waals surface area contributed by atoms with Crippen LogP contribution in [-0.4, -0.2) is 37.6 Å². The third kappa shape index (κ3) is 5.73. The Kier molecular flexibility index (Phi) is 7.11. The van der Waals surface area contributed by atoms with Crippen LogP contribution >= 0.6 is 0 Å². The lowest BCUT2D eigenvalue weighted by molar-refractivity contribution is -0.118. The Labute approximate surface area is 172 Å². The maximum Gasteiger partial charge on any atom is 0.262 e. The molecule has 2 aromatic rings. The molecule has 1 heterocycles. The van der Waals surface area contributed by atoms with E-state index >= 15 is 0 Å². The molecule has 0 bridgehead atoms. The van der Waals surface area contributed by atoms with E-state index in [0.29, 0.717) is 17.0 Å². The molecule has 29 heavy (non-hydrogen) atoms. The zero-order valence-corrected chi connectivity index (χ0v) is 17.1. The van der Waals surface area contributed by atoms with Gasteiger partial charge in [-0.3, -0.25) is 9.59 Å². The topological polar surface area (TPSA) is 70.7 Å². The number of carbonyl (C=O) groups is 2. The second-order valence-corrected chi connectivity index (χ2v) is 7.36. The Morgan fingerprint density at radius 3 is 2.52 bits per heavy atom. The van der Waals surface area contributed by atoms with Crippen LogP contribution in [0.1, 0.15) is 43.5 Å². The SMILES string of the molecule is CC[C@@H](C)NC(=O)c1cc(NC(=O)COc2ccccc2)ccc1N1CCCC1. The molecule has 1 aliphatic rings. The molecule has 2 aromatic carbocycles. The normalized spacial score (nSPS) is 14.3. The highest BCUT2D eigenvalue weighted by atomic mass is 16.5. The summed E-state index contributed by atoms with van der Waals surface area (Å²) in [4.78, 5) is 27.4. The van der Waals surface area contributed by atoms with E-state index < -0.39 is 0 Å². The predicted molar refractivity (Wildman–Crippen MR) is 116 cm³/mol. The van der Waals surface area contributed by atoms with Gasteiger partial charge in [0, 0.05) is 30.5 Å². The fourth-order valence-corrected chi connectivity index (χ4v) is 3.30. The van der Waals surface area contributed by atoms with Crippen molar-refractivity contribution in [1.82, 2.24) is 5.32 Å². The van der Waals surface area contributed by atoms with E-state index in [4.69, 9.17) is 4.74 Å². The first-order valence-electron chi connectivity index (χ1n) is 10.2. The highest BCUT2D eigenvalue weighted by molar-refractivity contribution is 6.02. The first-order valence-corrected chi connectivity index (χ1v) is 10.2. The van der Waals surface area contributed by atoms with Gasteiger partial charge >= 0.3 is 0 Å². The zero-order valence-electron chi connectivity index (χ0n) is 17.1. The number of carbonyl (C=O) groups excluding carboxylic acids is 2. The fourth-order valence-electron chi connectivity index (χ4n) is 3.30. The molecular weight excluding hydrogens is 366 g/mol. The summed E-state index contributed by atoms with van der Waals surface area (Å²) in [6.07, 6.45) is 3.11. The van der Waals surface area contributed by atoms with Crippen molar-refractivity contribution in [2.45, 2.75) is 39.2 Å². The standard InChI is InChI=1S/C23H29N3O3/c1-3-17(2)24-23(28)20-15-18(11-12-21(20)26-13-7-8-14-26)25-22(27)16-29-19-9-5-4-6-10-19/h4-6,9-12,15,17H,3,7-8,13-14,16H2,1-2H3,(H,24,28)(H,25,27)/t17-/m1/s1. The largest absolute Gasteiger partial charge is 0.484 e. The maximum atomic E-state index is 12.9. The summed E-state index contributed by atoms with van der Waals surface area (Å²) in [6.45, 7) is 5.82. The summed E-state index contributed by atoms with van der Waals surface area (Å²) in [5, 5.41) is 5.86. The summed E-state index contributed by atoms with van der Waals surface area (Å²) < 4.78 is 5.49. The van der Waals surface area contributed by atoms with Crippen molar-refractivity contribution in [2.24, 2.45) is 0 Å². The molecule has 1 saturated heterocycles. The van der Waals surface area contributed by atoms with Crippen LogP contribution in [0.25, 0.3) is 0 Å². The van der Waals surface area contributed by atoms with Gasteiger partial charge in [0.1, 0.15) is 5.75 Å². The van der Waals surface area contributed by atoms with Crippen molar-refractivity contribution in [1.29, 1.82) is 0 Å². The average Bonchev–Trinajstić information content (AvgIpc) is 3.27. The number of ether oxygens (including phenoxy) is 1. The van der Waals surface area contributed by atoms with Gasteiger partial charge in [-0.2, -0.15) is 0 Å². The van der Waals surface area contributed by atoms with Gasteiger partial charge in [0.25, 0.3) is 11.8 Å². The van der Waals surface area contributed by atoms with Crippen LogP contribution in [0.5, 0.6) is 5.75 Å². The molecule has 0 saturated carbocycles. The van der Waals surface area contributed by atoms with Crippen molar-refractivity contribution in [3.63, 3.8) is 0 Å². The van der Waals surface area contributed by atoms with Crippen molar-refractivity contribution >= 4 is 23.2 Å². The predicted octanol–water partition coefficient (Wildman–Crippen LogP) is 3.83. The van der Waals surface area contributed by atoms with Crippen molar-refractivity contribution < 1.29 is 14.3 Å². The molecule has 0 spiro atoms. The zero-order chi connectivity index (χ0) is 20.6. The van der Waals surface area contributed by atoms with Crippen LogP contribution in [0.2, 0.25) is 0 Å². The highest BCUT2D eigenvalue weighted by Gasteiger charge is 2.21. The monoisotopic (exact) mass is 395 g/mol.